The van der Waals surface area contributed by atoms with Gasteiger partial charge in [-0.3, -0.25) is 0 Å². The number of phenols is 1. The molecule has 0 fully saturated rings. The summed E-state index contributed by atoms with van der Waals surface area (Å²) in [6.07, 6.45) is 0. The minimum absolute atomic E-state index is 0.0444. The third-order valence-corrected chi connectivity index (χ3v) is 1.73. The number of benzene rings is 1. The Labute approximate surface area is 71.5 Å². The van der Waals surface area contributed by atoms with E-state index in [0.717, 1.165) is 0 Å². The minimum Gasteiger partial charge on any atom is -0.506 e. The highest BCUT2D eigenvalue weighted by atomic mass is 16.3. The van der Waals surface area contributed by atoms with Crippen LogP contribution in [0.3, 0.4) is 0 Å². The lowest BCUT2D eigenvalue weighted by atomic mass is 9.98. The molecule has 1 aromatic rings. The molecular formula is C9H13NO2. The van der Waals surface area contributed by atoms with Crippen molar-refractivity contribution >= 4 is 5.69 Å². The molecule has 0 atom stereocenters. The fraction of sp³-hybridized carbons (Fsp3) is 0.333. The molecule has 3 nitrogen and oxygen atoms in total. The number of anilines is 1. The number of aliphatic hydroxyl groups is 1. The van der Waals surface area contributed by atoms with Gasteiger partial charge < -0.3 is 15.9 Å². The van der Waals surface area contributed by atoms with E-state index in [0.29, 0.717) is 5.56 Å². The molecule has 66 valence electrons. The molecule has 0 amide bonds. The Kier molecular flexibility index (Phi) is 1.98. The van der Waals surface area contributed by atoms with E-state index in [1.165, 1.54) is 6.07 Å². The van der Waals surface area contributed by atoms with Gasteiger partial charge in [0.15, 0.2) is 0 Å². The summed E-state index contributed by atoms with van der Waals surface area (Å²) in [6, 6.07) is 4.68. The average molecular weight is 167 g/mol. The van der Waals surface area contributed by atoms with E-state index in [2.05, 4.69) is 0 Å². The van der Waals surface area contributed by atoms with Gasteiger partial charge in [-0.2, -0.15) is 0 Å². The second kappa shape index (κ2) is 2.68. The van der Waals surface area contributed by atoms with Gasteiger partial charge in [-0.15, -0.1) is 0 Å². The lowest BCUT2D eigenvalue weighted by Gasteiger charge is -2.18. The smallest absolute Gasteiger partial charge is 0.138 e. The number of phenolic OH excluding ortho intramolecular Hbond substituents is 1. The van der Waals surface area contributed by atoms with Crippen LogP contribution in [-0.2, 0) is 5.60 Å². The molecule has 0 aliphatic rings. The third-order valence-electron chi connectivity index (χ3n) is 1.73. The molecule has 0 heterocycles. The third kappa shape index (κ3) is 1.68. The normalized spacial score (nSPS) is 11.6. The van der Waals surface area contributed by atoms with Crippen LogP contribution in [-0.4, -0.2) is 10.2 Å². The standard InChI is InChI=1S/C9H13NO2/c1-9(2,12)6-3-4-8(11)7(10)5-6/h3-5,11-12H,10H2,1-2H3. The van der Waals surface area contributed by atoms with E-state index in [9.17, 15) is 5.11 Å². The van der Waals surface area contributed by atoms with Crippen molar-refractivity contribution in [1.82, 2.24) is 0 Å². The SMILES string of the molecule is CC(C)(O)c1ccc(O)c(N)c1. The summed E-state index contributed by atoms with van der Waals surface area (Å²) in [7, 11) is 0. The molecule has 0 aliphatic carbocycles. The maximum Gasteiger partial charge on any atom is 0.138 e. The van der Waals surface area contributed by atoms with E-state index in [-0.39, 0.29) is 11.4 Å². The van der Waals surface area contributed by atoms with E-state index in [1.54, 1.807) is 26.0 Å². The van der Waals surface area contributed by atoms with E-state index >= 15 is 0 Å². The molecule has 4 N–H and O–H groups in total. The Morgan fingerprint density at radius 1 is 1.33 bits per heavy atom. The van der Waals surface area contributed by atoms with E-state index in [1.807, 2.05) is 0 Å². The first kappa shape index (κ1) is 8.87. The first-order chi connectivity index (χ1) is 5.41. The highest BCUT2D eigenvalue weighted by molar-refractivity contribution is 5.54. The molecule has 0 aromatic heterocycles. The van der Waals surface area contributed by atoms with Gasteiger partial charge in [0.2, 0.25) is 0 Å². The summed E-state index contributed by atoms with van der Waals surface area (Å²) in [5.41, 5.74) is 5.52. The molecule has 1 rings (SSSR count). The minimum atomic E-state index is -0.915. The molecule has 0 unspecified atom stereocenters. The Balaban J connectivity index is 3.14. The van der Waals surface area contributed by atoms with Gasteiger partial charge in [0.1, 0.15) is 5.75 Å². The highest BCUT2D eigenvalue weighted by Crippen LogP contribution is 2.26. The molecule has 0 radical (unpaired) electrons. The average Bonchev–Trinajstić information content (AvgIpc) is 1.92. The molecule has 0 saturated heterocycles. The highest BCUT2D eigenvalue weighted by Gasteiger charge is 2.16. The number of hydrogen-bond donors (Lipinski definition) is 3. The fourth-order valence-electron chi connectivity index (χ4n) is 0.935. The number of aromatic hydroxyl groups is 1. The maximum absolute atomic E-state index is 9.57. The van der Waals surface area contributed by atoms with E-state index in [4.69, 9.17) is 10.8 Å². The largest absolute Gasteiger partial charge is 0.506 e. The monoisotopic (exact) mass is 167 g/mol. The van der Waals surface area contributed by atoms with Gasteiger partial charge in [-0.05, 0) is 31.5 Å². The van der Waals surface area contributed by atoms with E-state index < -0.39 is 5.60 Å². The second-order valence-corrected chi connectivity index (χ2v) is 3.33. The van der Waals surface area contributed by atoms with Gasteiger partial charge >= 0.3 is 0 Å². The van der Waals surface area contributed by atoms with Crippen LogP contribution in [0.25, 0.3) is 0 Å². The zero-order chi connectivity index (χ0) is 9.35. The topological polar surface area (TPSA) is 66.5 Å². The Hall–Kier alpha value is -1.22. The van der Waals surface area contributed by atoms with Crippen LogP contribution < -0.4 is 5.73 Å². The summed E-state index contributed by atoms with van der Waals surface area (Å²) < 4.78 is 0. The van der Waals surface area contributed by atoms with Crippen LogP contribution in [0.2, 0.25) is 0 Å². The number of rotatable bonds is 1. The van der Waals surface area contributed by atoms with Crippen molar-refractivity contribution < 1.29 is 10.2 Å². The van der Waals surface area contributed by atoms with Crippen molar-refractivity contribution in [3.8, 4) is 5.75 Å². The number of nitrogens with two attached hydrogens (primary N) is 1. The van der Waals surface area contributed by atoms with Crippen LogP contribution in [0.15, 0.2) is 18.2 Å². The predicted octanol–water partition coefficient (Wildman–Crippen LogP) is 1.20. The van der Waals surface area contributed by atoms with Crippen LogP contribution in [0.4, 0.5) is 5.69 Å². The molecule has 0 saturated carbocycles. The van der Waals surface area contributed by atoms with Crippen molar-refractivity contribution in [2.75, 3.05) is 5.73 Å². The van der Waals surface area contributed by atoms with Crippen molar-refractivity contribution in [3.63, 3.8) is 0 Å². The molecule has 3 heteroatoms. The first-order valence-electron chi connectivity index (χ1n) is 3.72. The van der Waals surface area contributed by atoms with Crippen molar-refractivity contribution in [3.05, 3.63) is 23.8 Å². The summed E-state index contributed by atoms with van der Waals surface area (Å²) in [6.45, 7) is 3.33. The molecule has 0 bridgehead atoms. The molecule has 0 spiro atoms. The van der Waals surface area contributed by atoms with Gasteiger partial charge in [0.05, 0.1) is 11.3 Å². The summed E-state index contributed by atoms with van der Waals surface area (Å²) >= 11 is 0. The van der Waals surface area contributed by atoms with Gasteiger partial charge in [-0.1, -0.05) is 6.07 Å². The number of nitrogen functional groups attached to an aromatic ring is 1. The molecule has 12 heavy (non-hydrogen) atoms. The summed E-state index contributed by atoms with van der Waals surface area (Å²) in [5.74, 6) is 0.0444. The molecule has 0 aliphatic heterocycles. The van der Waals surface area contributed by atoms with Crippen molar-refractivity contribution in [1.29, 1.82) is 0 Å². The van der Waals surface area contributed by atoms with Crippen molar-refractivity contribution in [2.24, 2.45) is 0 Å². The van der Waals surface area contributed by atoms with Crippen LogP contribution in [0.5, 0.6) is 5.75 Å². The Morgan fingerprint density at radius 3 is 2.33 bits per heavy atom. The van der Waals surface area contributed by atoms with Gasteiger partial charge in [-0.25, -0.2) is 0 Å². The zero-order valence-corrected chi connectivity index (χ0v) is 7.20. The summed E-state index contributed by atoms with van der Waals surface area (Å²) in [4.78, 5) is 0. The van der Waals surface area contributed by atoms with Gasteiger partial charge in [0.25, 0.3) is 0 Å². The molecular weight excluding hydrogens is 154 g/mol. The van der Waals surface area contributed by atoms with Crippen LogP contribution in [0.1, 0.15) is 19.4 Å². The zero-order valence-electron chi connectivity index (χ0n) is 7.20. The summed E-state index contributed by atoms with van der Waals surface area (Å²) in [5, 5.41) is 18.7. The Morgan fingerprint density at radius 2 is 1.92 bits per heavy atom. The van der Waals surface area contributed by atoms with Crippen molar-refractivity contribution in [2.45, 2.75) is 19.4 Å². The first-order valence-corrected chi connectivity index (χ1v) is 3.72. The van der Waals surface area contributed by atoms with Gasteiger partial charge in [0, 0.05) is 0 Å². The number of hydrogen-bond acceptors (Lipinski definition) is 3. The maximum atomic E-state index is 9.57. The molecule has 1 aromatic carbocycles. The lowest BCUT2D eigenvalue weighted by molar-refractivity contribution is 0.0786. The lowest BCUT2D eigenvalue weighted by Crippen LogP contribution is -2.15. The quantitative estimate of drug-likeness (QED) is 0.435. The van der Waals surface area contributed by atoms with Crippen LogP contribution >= 0.6 is 0 Å². The Bertz CT molecular complexity index is 289. The fourth-order valence-corrected chi connectivity index (χ4v) is 0.935. The second-order valence-electron chi connectivity index (χ2n) is 3.33. The predicted molar refractivity (Wildman–Crippen MR) is 47.8 cm³/mol. The van der Waals surface area contributed by atoms with Crippen LogP contribution in [0, 0.1) is 0 Å².